The molecule has 1 aromatic rings. The maximum atomic E-state index is 12.7. The number of fused-ring (bicyclic) bond motifs is 5. The van der Waals surface area contributed by atoms with Crippen molar-refractivity contribution in [3.8, 4) is 17.2 Å². The second kappa shape index (κ2) is 3.88. The monoisotopic (exact) mass is 276 g/mol. The summed E-state index contributed by atoms with van der Waals surface area (Å²) in [5.74, 6) is 2.11. The molecule has 0 aromatic heterocycles. The molecule has 1 aromatic carbocycles. The van der Waals surface area contributed by atoms with E-state index in [4.69, 9.17) is 18.9 Å². The van der Waals surface area contributed by atoms with Gasteiger partial charge in [-0.25, -0.2) is 0 Å². The van der Waals surface area contributed by atoms with Crippen LogP contribution in [0.25, 0.3) is 0 Å². The molecule has 3 aliphatic rings. The highest BCUT2D eigenvalue weighted by atomic mass is 16.7. The number of methoxy groups -OCH3 is 1. The van der Waals surface area contributed by atoms with E-state index in [0.29, 0.717) is 22.8 Å². The van der Waals surface area contributed by atoms with Crippen molar-refractivity contribution in [2.75, 3.05) is 13.9 Å². The van der Waals surface area contributed by atoms with Crippen LogP contribution in [-0.4, -0.2) is 25.8 Å². The highest BCUT2D eigenvalue weighted by Gasteiger charge is 2.51. The van der Waals surface area contributed by atoms with E-state index in [1.54, 1.807) is 7.11 Å². The second-order valence-corrected chi connectivity index (χ2v) is 5.67. The molecule has 4 rings (SSSR count). The van der Waals surface area contributed by atoms with Gasteiger partial charge in [0.2, 0.25) is 12.5 Å². The molecule has 0 N–H and O–H groups in total. The summed E-state index contributed by atoms with van der Waals surface area (Å²) in [5, 5.41) is 0. The van der Waals surface area contributed by atoms with Gasteiger partial charge in [0.1, 0.15) is 6.10 Å². The van der Waals surface area contributed by atoms with Crippen LogP contribution in [0.2, 0.25) is 0 Å². The topological polar surface area (TPSA) is 54.0 Å². The molecule has 1 fully saturated rings. The number of benzene rings is 1. The van der Waals surface area contributed by atoms with Crippen molar-refractivity contribution < 1.29 is 23.7 Å². The van der Waals surface area contributed by atoms with Gasteiger partial charge in [-0.15, -0.1) is 0 Å². The summed E-state index contributed by atoms with van der Waals surface area (Å²) in [6, 6.07) is 1.87. The first-order chi connectivity index (χ1) is 9.63. The number of carbonyl (C=O) groups is 1. The van der Waals surface area contributed by atoms with Crippen molar-refractivity contribution in [2.24, 2.45) is 11.8 Å². The molecule has 3 heterocycles. The van der Waals surface area contributed by atoms with Crippen LogP contribution in [0.15, 0.2) is 6.07 Å². The van der Waals surface area contributed by atoms with Gasteiger partial charge in [0.15, 0.2) is 17.3 Å². The van der Waals surface area contributed by atoms with Crippen LogP contribution in [0.1, 0.15) is 35.9 Å². The quantitative estimate of drug-likeness (QED) is 0.788. The zero-order valence-electron chi connectivity index (χ0n) is 11.6. The molecule has 20 heavy (non-hydrogen) atoms. The Morgan fingerprint density at radius 2 is 1.95 bits per heavy atom. The smallest absolute Gasteiger partial charge is 0.231 e. The van der Waals surface area contributed by atoms with Crippen LogP contribution < -0.4 is 14.2 Å². The van der Waals surface area contributed by atoms with Gasteiger partial charge in [0, 0.05) is 0 Å². The summed E-state index contributed by atoms with van der Waals surface area (Å²) < 4.78 is 22.2. The first kappa shape index (κ1) is 12.0. The molecule has 4 unspecified atom stereocenters. The van der Waals surface area contributed by atoms with Crippen LogP contribution >= 0.6 is 0 Å². The Morgan fingerprint density at radius 1 is 1.20 bits per heavy atom. The predicted octanol–water partition coefficient (Wildman–Crippen LogP) is 2.33. The molecule has 0 amide bonds. The van der Waals surface area contributed by atoms with Crippen LogP contribution in [0, 0.1) is 11.8 Å². The molecule has 3 aliphatic heterocycles. The summed E-state index contributed by atoms with van der Waals surface area (Å²) in [5.41, 5.74) is 1.47. The lowest BCUT2D eigenvalue weighted by molar-refractivity contribution is 0.0189. The Labute approximate surface area is 116 Å². The van der Waals surface area contributed by atoms with E-state index in [9.17, 15) is 4.79 Å². The molecule has 0 radical (unpaired) electrons. The summed E-state index contributed by atoms with van der Waals surface area (Å²) in [7, 11) is 1.55. The van der Waals surface area contributed by atoms with E-state index >= 15 is 0 Å². The minimum Gasteiger partial charge on any atom is -0.492 e. The largest absolute Gasteiger partial charge is 0.492 e. The summed E-state index contributed by atoms with van der Waals surface area (Å²) in [6.45, 7) is 4.34. The highest BCUT2D eigenvalue weighted by molar-refractivity contribution is 6.06. The minimum absolute atomic E-state index is 0.0109. The third-order valence-electron chi connectivity index (χ3n) is 4.74. The van der Waals surface area contributed by atoms with Gasteiger partial charge >= 0.3 is 0 Å². The maximum absolute atomic E-state index is 12.7. The van der Waals surface area contributed by atoms with Crippen molar-refractivity contribution in [1.29, 1.82) is 0 Å². The molecule has 1 saturated heterocycles. The molecule has 2 bridgehead atoms. The maximum Gasteiger partial charge on any atom is 0.231 e. The fourth-order valence-electron chi connectivity index (χ4n) is 3.46. The van der Waals surface area contributed by atoms with Gasteiger partial charge in [0.05, 0.1) is 18.8 Å². The Morgan fingerprint density at radius 3 is 2.70 bits per heavy atom. The standard InChI is InChI=1S/C15H16O5/c1-6-7(2)13-11(16)10-8(12(6)20-13)4-9-14(15(10)17-3)19-5-18-9/h4,6-7,12-13H,5H2,1-3H3. The summed E-state index contributed by atoms with van der Waals surface area (Å²) >= 11 is 0. The van der Waals surface area contributed by atoms with Crippen LogP contribution in [0.4, 0.5) is 0 Å². The van der Waals surface area contributed by atoms with E-state index in [0.717, 1.165) is 5.56 Å². The minimum atomic E-state index is -0.378. The van der Waals surface area contributed by atoms with Crippen LogP contribution in [0.3, 0.4) is 0 Å². The fourth-order valence-corrected chi connectivity index (χ4v) is 3.46. The number of carbonyl (C=O) groups excluding carboxylic acids is 1. The van der Waals surface area contributed by atoms with Gasteiger partial charge in [-0.1, -0.05) is 13.8 Å². The molecule has 106 valence electrons. The number of ketones is 1. The third kappa shape index (κ3) is 1.28. The first-order valence-electron chi connectivity index (χ1n) is 6.83. The van der Waals surface area contributed by atoms with Crippen LogP contribution in [-0.2, 0) is 4.74 Å². The summed E-state index contributed by atoms with van der Waals surface area (Å²) in [4.78, 5) is 12.7. The highest BCUT2D eigenvalue weighted by Crippen LogP contribution is 2.55. The van der Waals surface area contributed by atoms with Gasteiger partial charge in [-0.3, -0.25) is 4.79 Å². The van der Waals surface area contributed by atoms with Crippen molar-refractivity contribution >= 4 is 5.78 Å². The van der Waals surface area contributed by atoms with Gasteiger partial charge in [0.25, 0.3) is 0 Å². The van der Waals surface area contributed by atoms with E-state index in [-0.39, 0.29) is 36.6 Å². The van der Waals surface area contributed by atoms with Gasteiger partial charge in [-0.2, -0.15) is 0 Å². The van der Waals surface area contributed by atoms with Crippen molar-refractivity contribution in [3.05, 3.63) is 17.2 Å². The van der Waals surface area contributed by atoms with E-state index in [2.05, 4.69) is 13.8 Å². The lowest BCUT2D eigenvalue weighted by Gasteiger charge is -2.26. The van der Waals surface area contributed by atoms with Crippen molar-refractivity contribution in [2.45, 2.75) is 26.1 Å². The number of hydrogen-bond donors (Lipinski definition) is 0. The Hall–Kier alpha value is -1.75. The van der Waals surface area contributed by atoms with E-state index in [1.165, 1.54) is 0 Å². The normalized spacial score (nSPS) is 33.2. The number of Topliss-reactive ketones (excluding diaryl/α,β-unsaturated/α-hetero) is 1. The SMILES string of the molecule is COc1c2c(cc3c1C(=O)C1OC3C(C)C1C)OCO2. The second-order valence-electron chi connectivity index (χ2n) is 5.67. The average Bonchev–Trinajstić information content (AvgIpc) is 3.00. The van der Waals surface area contributed by atoms with E-state index < -0.39 is 0 Å². The van der Waals surface area contributed by atoms with E-state index in [1.807, 2.05) is 6.07 Å². The first-order valence-corrected chi connectivity index (χ1v) is 6.83. The lowest BCUT2D eigenvalue weighted by atomic mass is 9.90. The molecule has 0 aliphatic carbocycles. The Balaban J connectivity index is 1.99. The molecule has 4 atom stereocenters. The molecular formula is C15H16O5. The molecule has 5 heteroatoms. The zero-order chi connectivity index (χ0) is 14.0. The fraction of sp³-hybridized carbons (Fsp3) is 0.533. The molecular weight excluding hydrogens is 260 g/mol. The van der Waals surface area contributed by atoms with Gasteiger partial charge < -0.3 is 18.9 Å². The number of hydrogen-bond acceptors (Lipinski definition) is 5. The number of ether oxygens (including phenoxy) is 4. The Kier molecular flexibility index (Phi) is 2.33. The van der Waals surface area contributed by atoms with Crippen LogP contribution in [0.5, 0.6) is 17.2 Å². The molecule has 0 spiro atoms. The predicted molar refractivity (Wildman–Crippen MR) is 69.4 cm³/mol. The summed E-state index contributed by atoms with van der Waals surface area (Å²) in [6.07, 6.45) is -0.456. The van der Waals surface area contributed by atoms with Crippen molar-refractivity contribution in [1.82, 2.24) is 0 Å². The Bertz CT molecular complexity index is 609. The number of rotatable bonds is 1. The average molecular weight is 276 g/mol. The third-order valence-corrected chi connectivity index (χ3v) is 4.74. The van der Waals surface area contributed by atoms with Gasteiger partial charge in [-0.05, 0) is 23.5 Å². The zero-order valence-corrected chi connectivity index (χ0v) is 11.6. The van der Waals surface area contributed by atoms with Crippen molar-refractivity contribution in [3.63, 3.8) is 0 Å². The lowest BCUT2D eigenvalue weighted by Crippen LogP contribution is -2.30. The molecule has 0 saturated carbocycles. The molecule has 5 nitrogen and oxygen atoms in total.